The van der Waals surface area contributed by atoms with Crippen LogP contribution in [0.1, 0.15) is 37.4 Å². The zero-order valence-corrected chi connectivity index (χ0v) is 15.8. The maximum atomic E-state index is 13.3. The summed E-state index contributed by atoms with van der Waals surface area (Å²) >= 11 is 6.15. The number of benzene rings is 1. The monoisotopic (exact) mass is 370 g/mol. The van der Waals surface area contributed by atoms with Gasteiger partial charge in [0.1, 0.15) is 0 Å². The lowest BCUT2D eigenvalue weighted by Crippen LogP contribution is -2.39. The van der Waals surface area contributed by atoms with E-state index >= 15 is 0 Å². The van der Waals surface area contributed by atoms with Crippen molar-refractivity contribution < 1.29 is 4.79 Å². The van der Waals surface area contributed by atoms with Gasteiger partial charge in [-0.05, 0) is 48.1 Å². The quantitative estimate of drug-likeness (QED) is 0.823. The molecule has 0 spiro atoms. The molecule has 0 saturated heterocycles. The number of fused-ring (bicyclic) bond motifs is 1. The minimum atomic E-state index is 0.0641. The highest BCUT2D eigenvalue weighted by Crippen LogP contribution is 2.30. The normalized spacial score (nSPS) is 16.9. The van der Waals surface area contributed by atoms with Crippen molar-refractivity contribution in [2.24, 2.45) is 5.92 Å². The number of rotatable bonds is 3. The molecule has 1 aromatic heterocycles. The number of hydrogen-bond donors (Lipinski definition) is 0. The van der Waals surface area contributed by atoms with Gasteiger partial charge in [-0.2, -0.15) is 0 Å². The molecule has 1 aliphatic carbocycles. The van der Waals surface area contributed by atoms with Crippen molar-refractivity contribution in [3.05, 3.63) is 57.0 Å². The fourth-order valence-electron chi connectivity index (χ4n) is 3.98. The van der Waals surface area contributed by atoms with Crippen molar-refractivity contribution in [3.63, 3.8) is 0 Å². The van der Waals surface area contributed by atoms with Crippen molar-refractivity contribution in [3.8, 4) is 11.1 Å². The second kappa shape index (κ2) is 6.92. The molecule has 136 valence electrons. The Morgan fingerprint density at radius 2 is 2.08 bits per heavy atom. The maximum Gasteiger partial charge on any atom is 0.258 e. The SMILES string of the molecule is CC(=O)N1CCc2c(cc(-c3cccc(Cl)c3)c(=O)n2CC2CCC2)C1. The molecule has 0 atom stereocenters. The summed E-state index contributed by atoms with van der Waals surface area (Å²) in [6, 6.07) is 9.41. The van der Waals surface area contributed by atoms with E-state index in [0.29, 0.717) is 29.6 Å². The average molecular weight is 371 g/mol. The zero-order chi connectivity index (χ0) is 18.3. The molecule has 26 heavy (non-hydrogen) atoms. The van der Waals surface area contributed by atoms with E-state index in [1.54, 1.807) is 6.92 Å². The standard InChI is InChI=1S/C21H23ClN2O2/c1-14(25)23-9-8-20-17(13-23)11-19(16-6-3-7-18(22)10-16)21(26)24(20)12-15-4-2-5-15/h3,6-7,10-11,15H,2,4-5,8-9,12-13H2,1H3. The van der Waals surface area contributed by atoms with Gasteiger partial charge < -0.3 is 9.47 Å². The second-order valence-electron chi connectivity index (χ2n) is 7.44. The van der Waals surface area contributed by atoms with E-state index in [4.69, 9.17) is 11.6 Å². The predicted octanol–water partition coefficient (Wildman–Crippen LogP) is 3.87. The van der Waals surface area contributed by atoms with Crippen molar-refractivity contribution in [2.45, 2.75) is 45.7 Å². The average Bonchev–Trinajstić information content (AvgIpc) is 2.58. The number of nitrogens with zero attached hydrogens (tertiary/aromatic N) is 2. The van der Waals surface area contributed by atoms with Crippen LogP contribution < -0.4 is 5.56 Å². The molecular weight excluding hydrogens is 348 g/mol. The van der Waals surface area contributed by atoms with E-state index in [-0.39, 0.29) is 11.5 Å². The van der Waals surface area contributed by atoms with Gasteiger partial charge >= 0.3 is 0 Å². The highest BCUT2D eigenvalue weighted by atomic mass is 35.5. The number of aromatic nitrogens is 1. The molecule has 4 rings (SSSR count). The zero-order valence-electron chi connectivity index (χ0n) is 15.0. The Balaban J connectivity index is 1.84. The number of carbonyl (C=O) groups excluding carboxylic acids is 1. The first kappa shape index (κ1) is 17.3. The van der Waals surface area contributed by atoms with Crippen LogP contribution in [0.4, 0.5) is 0 Å². The van der Waals surface area contributed by atoms with E-state index in [1.165, 1.54) is 19.3 Å². The molecule has 1 saturated carbocycles. The van der Waals surface area contributed by atoms with E-state index in [2.05, 4.69) is 0 Å². The van der Waals surface area contributed by atoms with Crippen molar-refractivity contribution in [1.29, 1.82) is 0 Å². The van der Waals surface area contributed by atoms with Crippen LogP contribution in [0.15, 0.2) is 35.1 Å². The van der Waals surface area contributed by atoms with Crippen LogP contribution in [-0.4, -0.2) is 21.9 Å². The molecule has 0 bridgehead atoms. The second-order valence-corrected chi connectivity index (χ2v) is 7.88. The van der Waals surface area contributed by atoms with Crippen LogP contribution in [0.25, 0.3) is 11.1 Å². The molecule has 2 aliphatic rings. The number of halogens is 1. The molecule has 1 aliphatic heterocycles. The lowest BCUT2D eigenvalue weighted by molar-refractivity contribution is -0.129. The third kappa shape index (κ3) is 3.18. The van der Waals surface area contributed by atoms with Crippen LogP contribution in [0.5, 0.6) is 0 Å². The summed E-state index contributed by atoms with van der Waals surface area (Å²) in [6.45, 7) is 3.65. The summed E-state index contributed by atoms with van der Waals surface area (Å²) in [5.41, 5.74) is 3.77. The van der Waals surface area contributed by atoms with Gasteiger partial charge in [-0.3, -0.25) is 9.59 Å². The minimum Gasteiger partial charge on any atom is -0.338 e. The van der Waals surface area contributed by atoms with E-state index in [0.717, 1.165) is 29.8 Å². The first-order chi connectivity index (χ1) is 12.5. The Bertz CT molecular complexity index is 915. The molecule has 0 unspecified atom stereocenters. The maximum absolute atomic E-state index is 13.3. The Labute approximate surface area is 158 Å². The summed E-state index contributed by atoms with van der Waals surface area (Å²) < 4.78 is 1.98. The molecule has 1 fully saturated rings. The van der Waals surface area contributed by atoms with Crippen molar-refractivity contribution in [2.75, 3.05) is 6.54 Å². The Hall–Kier alpha value is -2.07. The molecule has 0 radical (unpaired) electrons. The van der Waals surface area contributed by atoms with Crippen LogP contribution in [0, 0.1) is 5.92 Å². The summed E-state index contributed by atoms with van der Waals surface area (Å²) in [7, 11) is 0. The van der Waals surface area contributed by atoms with Crippen LogP contribution in [0.3, 0.4) is 0 Å². The molecule has 1 aromatic carbocycles. The molecule has 5 heteroatoms. The Morgan fingerprint density at radius 3 is 2.73 bits per heavy atom. The summed E-state index contributed by atoms with van der Waals surface area (Å²) in [5, 5.41) is 0.621. The smallest absolute Gasteiger partial charge is 0.258 e. The number of pyridine rings is 1. The highest BCUT2D eigenvalue weighted by molar-refractivity contribution is 6.30. The number of hydrogen-bond acceptors (Lipinski definition) is 2. The van der Waals surface area contributed by atoms with E-state index < -0.39 is 0 Å². The fourth-order valence-corrected chi connectivity index (χ4v) is 4.17. The van der Waals surface area contributed by atoms with Gasteiger partial charge in [0.15, 0.2) is 0 Å². The topological polar surface area (TPSA) is 42.3 Å². The Kier molecular flexibility index (Phi) is 4.62. The third-order valence-corrected chi connectivity index (χ3v) is 5.95. The van der Waals surface area contributed by atoms with E-state index in [9.17, 15) is 9.59 Å². The van der Waals surface area contributed by atoms with Gasteiger partial charge in [0.2, 0.25) is 5.91 Å². The number of carbonyl (C=O) groups is 1. The van der Waals surface area contributed by atoms with Crippen LogP contribution in [-0.2, 0) is 24.3 Å². The van der Waals surface area contributed by atoms with Gasteiger partial charge in [-0.1, -0.05) is 30.2 Å². The van der Waals surface area contributed by atoms with Crippen molar-refractivity contribution >= 4 is 17.5 Å². The Morgan fingerprint density at radius 1 is 1.27 bits per heavy atom. The summed E-state index contributed by atoms with van der Waals surface area (Å²) in [6.07, 6.45) is 4.39. The largest absolute Gasteiger partial charge is 0.338 e. The van der Waals surface area contributed by atoms with Gasteiger partial charge in [0, 0.05) is 49.3 Å². The molecule has 2 heterocycles. The van der Waals surface area contributed by atoms with E-state index in [1.807, 2.05) is 39.8 Å². The third-order valence-electron chi connectivity index (χ3n) is 5.72. The molecule has 2 aromatic rings. The molecule has 4 nitrogen and oxygen atoms in total. The van der Waals surface area contributed by atoms with Crippen LogP contribution >= 0.6 is 11.6 Å². The first-order valence-electron chi connectivity index (χ1n) is 9.30. The van der Waals surface area contributed by atoms with Gasteiger partial charge in [-0.25, -0.2) is 0 Å². The summed E-state index contributed by atoms with van der Waals surface area (Å²) in [4.78, 5) is 27.0. The van der Waals surface area contributed by atoms with Crippen molar-refractivity contribution in [1.82, 2.24) is 9.47 Å². The number of amides is 1. The highest BCUT2D eigenvalue weighted by Gasteiger charge is 2.26. The molecule has 1 amide bonds. The summed E-state index contributed by atoms with van der Waals surface area (Å²) in [5.74, 6) is 0.675. The minimum absolute atomic E-state index is 0.0641. The van der Waals surface area contributed by atoms with Gasteiger partial charge in [0.05, 0.1) is 0 Å². The van der Waals surface area contributed by atoms with Gasteiger partial charge in [0.25, 0.3) is 5.56 Å². The first-order valence-corrected chi connectivity index (χ1v) is 9.68. The fraction of sp³-hybridized carbons (Fsp3) is 0.429. The van der Waals surface area contributed by atoms with Crippen LogP contribution in [0.2, 0.25) is 5.02 Å². The molecule has 0 N–H and O–H groups in total. The lowest BCUT2D eigenvalue weighted by atomic mass is 9.85. The predicted molar refractivity (Wildman–Crippen MR) is 103 cm³/mol. The lowest BCUT2D eigenvalue weighted by Gasteiger charge is -2.33. The van der Waals surface area contributed by atoms with Gasteiger partial charge in [-0.15, -0.1) is 0 Å². The molecular formula is C21H23ClN2O2.